The summed E-state index contributed by atoms with van der Waals surface area (Å²) in [5, 5.41) is 3.67. The van der Waals surface area contributed by atoms with Gasteiger partial charge in [0.05, 0.1) is 0 Å². The number of rotatable bonds is 6. The molecule has 2 aromatic carbocycles. The SMILES string of the molecule is CC(C)NC(CCc1ccccc1)c1ccc(Br)cc1. The molecular formula is C18H22BrN. The van der Waals surface area contributed by atoms with Gasteiger partial charge in [-0.25, -0.2) is 0 Å². The van der Waals surface area contributed by atoms with Crippen molar-refractivity contribution in [3.05, 3.63) is 70.2 Å². The first-order valence-electron chi connectivity index (χ1n) is 7.20. The largest absolute Gasteiger partial charge is 0.308 e. The maximum absolute atomic E-state index is 3.67. The molecule has 2 rings (SSSR count). The zero-order valence-electron chi connectivity index (χ0n) is 12.1. The summed E-state index contributed by atoms with van der Waals surface area (Å²) in [5.41, 5.74) is 2.76. The Balaban J connectivity index is 2.05. The first kappa shape index (κ1) is 15.3. The zero-order chi connectivity index (χ0) is 14.4. The van der Waals surface area contributed by atoms with E-state index in [1.54, 1.807) is 0 Å². The van der Waals surface area contributed by atoms with Crippen LogP contribution in [0.5, 0.6) is 0 Å². The molecule has 1 nitrogen and oxygen atoms in total. The van der Waals surface area contributed by atoms with Gasteiger partial charge in [-0.05, 0) is 36.1 Å². The molecule has 2 heteroatoms. The fraction of sp³-hybridized carbons (Fsp3) is 0.333. The van der Waals surface area contributed by atoms with Crippen molar-refractivity contribution in [2.75, 3.05) is 0 Å². The highest BCUT2D eigenvalue weighted by molar-refractivity contribution is 9.10. The molecule has 1 N–H and O–H groups in total. The summed E-state index contributed by atoms with van der Waals surface area (Å²) >= 11 is 3.50. The van der Waals surface area contributed by atoms with Crippen LogP contribution < -0.4 is 5.32 Å². The minimum absolute atomic E-state index is 0.406. The van der Waals surface area contributed by atoms with Gasteiger partial charge in [0.2, 0.25) is 0 Å². The summed E-state index contributed by atoms with van der Waals surface area (Å²) in [5.74, 6) is 0. The molecule has 0 aromatic heterocycles. The highest BCUT2D eigenvalue weighted by atomic mass is 79.9. The molecule has 106 valence electrons. The molecule has 1 unspecified atom stereocenters. The molecule has 2 aromatic rings. The number of benzene rings is 2. The Kier molecular flexibility index (Phi) is 5.81. The van der Waals surface area contributed by atoms with Crippen molar-refractivity contribution < 1.29 is 0 Å². The van der Waals surface area contributed by atoms with E-state index in [1.807, 2.05) is 0 Å². The monoisotopic (exact) mass is 331 g/mol. The van der Waals surface area contributed by atoms with Crippen LogP contribution >= 0.6 is 15.9 Å². The third kappa shape index (κ3) is 4.77. The van der Waals surface area contributed by atoms with E-state index in [2.05, 4.69) is 89.7 Å². The Bertz CT molecular complexity index is 505. The number of halogens is 1. The van der Waals surface area contributed by atoms with Crippen LogP contribution in [0.25, 0.3) is 0 Å². The highest BCUT2D eigenvalue weighted by Gasteiger charge is 2.12. The van der Waals surface area contributed by atoms with Crippen molar-refractivity contribution >= 4 is 15.9 Å². The van der Waals surface area contributed by atoms with Crippen molar-refractivity contribution in [1.29, 1.82) is 0 Å². The zero-order valence-corrected chi connectivity index (χ0v) is 13.7. The molecule has 0 spiro atoms. The van der Waals surface area contributed by atoms with E-state index in [0.29, 0.717) is 12.1 Å². The summed E-state index contributed by atoms with van der Waals surface area (Å²) in [7, 11) is 0. The van der Waals surface area contributed by atoms with E-state index >= 15 is 0 Å². The second kappa shape index (κ2) is 7.61. The summed E-state index contributed by atoms with van der Waals surface area (Å²) in [6, 6.07) is 20.2. The van der Waals surface area contributed by atoms with Crippen LogP contribution in [0.3, 0.4) is 0 Å². The number of aryl methyl sites for hydroxylation is 1. The average Bonchev–Trinajstić information content (AvgIpc) is 2.45. The molecule has 1 atom stereocenters. The predicted molar refractivity (Wildman–Crippen MR) is 89.9 cm³/mol. The predicted octanol–water partition coefficient (Wildman–Crippen LogP) is 5.12. The minimum atomic E-state index is 0.406. The van der Waals surface area contributed by atoms with Crippen molar-refractivity contribution in [3.8, 4) is 0 Å². The third-order valence-electron chi connectivity index (χ3n) is 3.37. The molecule has 0 amide bonds. The maximum Gasteiger partial charge on any atom is 0.0325 e. The molecule has 0 fully saturated rings. The lowest BCUT2D eigenvalue weighted by molar-refractivity contribution is 0.452. The topological polar surface area (TPSA) is 12.0 Å². The number of hydrogen-bond acceptors (Lipinski definition) is 1. The second-order valence-corrected chi connectivity index (χ2v) is 6.37. The fourth-order valence-electron chi connectivity index (χ4n) is 2.40. The quantitative estimate of drug-likeness (QED) is 0.774. The third-order valence-corrected chi connectivity index (χ3v) is 3.90. The van der Waals surface area contributed by atoms with Gasteiger partial charge in [0, 0.05) is 16.6 Å². The van der Waals surface area contributed by atoms with Gasteiger partial charge >= 0.3 is 0 Å². The maximum atomic E-state index is 3.67. The number of nitrogens with one attached hydrogen (secondary N) is 1. The van der Waals surface area contributed by atoms with Gasteiger partial charge in [0.15, 0.2) is 0 Å². The van der Waals surface area contributed by atoms with E-state index in [1.165, 1.54) is 11.1 Å². The molecular weight excluding hydrogens is 310 g/mol. The molecule has 0 bridgehead atoms. The Morgan fingerprint density at radius 3 is 2.20 bits per heavy atom. The first-order valence-corrected chi connectivity index (χ1v) is 8.00. The van der Waals surface area contributed by atoms with Gasteiger partial charge in [0.25, 0.3) is 0 Å². The van der Waals surface area contributed by atoms with Gasteiger partial charge < -0.3 is 5.32 Å². The lowest BCUT2D eigenvalue weighted by Crippen LogP contribution is -2.28. The molecule has 0 heterocycles. The van der Waals surface area contributed by atoms with Crippen LogP contribution in [0.2, 0.25) is 0 Å². The summed E-state index contributed by atoms with van der Waals surface area (Å²) in [6.45, 7) is 4.41. The van der Waals surface area contributed by atoms with Crippen molar-refractivity contribution in [2.24, 2.45) is 0 Å². The highest BCUT2D eigenvalue weighted by Crippen LogP contribution is 2.22. The van der Waals surface area contributed by atoms with Crippen LogP contribution in [-0.2, 0) is 6.42 Å². The normalized spacial score (nSPS) is 12.6. The number of hydrogen-bond donors (Lipinski definition) is 1. The van der Waals surface area contributed by atoms with E-state index < -0.39 is 0 Å². The minimum Gasteiger partial charge on any atom is -0.308 e. The molecule has 0 aliphatic rings. The Hall–Kier alpha value is -1.12. The van der Waals surface area contributed by atoms with E-state index in [0.717, 1.165) is 17.3 Å². The van der Waals surface area contributed by atoms with Gasteiger partial charge in [-0.15, -0.1) is 0 Å². The molecule has 20 heavy (non-hydrogen) atoms. The fourth-order valence-corrected chi connectivity index (χ4v) is 2.66. The Labute approximate surface area is 130 Å². The van der Waals surface area contributed by atoms with Crippen LogP contribution in [0, 0.1) is 0 Å². The van der Waals surface area contributed by atoms with Crippen molar-refractivity contribution in [1.82, 2.24) is 5.32 Å². The standard InChI is InChI=1S/C18H22BrN/c1-14(2)20-18(16-9-11-17(19)12-10-16)13-8-15-6-4-3-5-7-15/h3-7,9-12,14,18,20H,8,13H2,1-2H3. The average molecular weight is 332 g/mol. The van der Waals surface area contributed by atoms with E-state index in [4.69, 9.17) is 0 Å². The lowest BCUT2D eigenvalue weighted by Gasteiger charge is -2.22. The summed E-state index contributed by atoms with van der Waals surface area (Å²) < 4.78 is 1.13. The van der Waals surface area contributed by atoms with Gasteiger partial charge in [0.1, 0.15) is 0 Å². The smallest absolute Gasteiger partial charge is 0.0325 e. The Morgan fingerprint density at radius 2 is 1.60 bits per heavy atom. The van der Waals surface area contributed by atoms with Crippen LogP contribution in [-0.4, -0.2) is 6.04 Å². The molecule has 0 radical (unpaired) electrons. The van der Waals surface area contributed by atoms with Crippen LogP contribution in [0.1, 0.15) is 37.4 Å². The van der Waals surface area contributed by atoms with Gasteiger partial charge in [-0.2, -0.15) is 0 Å². The van der Waals surface area contributed by atoms with Crippen LogP contribution in [0.15, 0.2) is 59.1 Å². The lowest BCUT2D eigenvalue weighted by atomic mass is 9.98. The molecule has 0 aliphatic heterocycles. The van der Waals surface area contributed by atoms with Gasteiger partial charge in [-0.1, -0.05) is 72.2 Å². The van der Waals surface area contributed by atoms with Crippen LogP contribution in [0.4, 0.5) is 0 Å². The Morgan fingerprint density at radius 1 is 0.950 bits per heavy atom. The first-order chi connectivity index (χ1) is 9.65. The van der Waals surface area contributed by atoms with E-state index in [9.17, 15) is 0 Å². The summed E-state index contributed by atoms with van der Waals surface area (Å²) in [6.07, 6.45) is 2.21. The van der Waals surface area contributed by atoms with Gasteiger partial charge in [-0.3, -0.25) is 0 Å². The summed E-state index contributed by atoms with van der Waals surface area (Å²) in [4.78, 5) is 0. The molecule has 0 saturated heterocycles. The molecule has 0 aliphatic carbocycles. The molecule has 0 saturated carbocycles. The second-order valence-electron chi connectivity index (χ2n) is 5.45. The van der Waals surface area contributed by atoms with Crippen molar-refractivity contribution in [3.63, 3.8) is 0 Å². The van der Waals surface area contributed by atoms with E-state index in [-0.39, 0.29) is 0 Å². The van der Waals surface area contributed by atoms with Crippen molar-refractivity contribution in [2.45, 2.75) is 38.8 Å².